The number of piperazine rings is 1. The Balaban J connectivity index is 1.60. The molecule has 0 radical (unpaired) electrons. The van der Waals surface area contributed by atoms with E-state index in [9.17, 15) is 8.42 Å². The quantitative estimate of drug-likeness (QED) is 0.882. The van der Waals surface area contributed by atoms with Gasteiger partial charge < -0.3 is 4.90 Å². The first kappa shape index (κ1) is 18.1. The van der Waals surface area contributed by atoms with Crippen LogP contribution in [-0.4, -0.2) is 38.9 Å². The molecule has 1 heterocycles. The van der Waals surface area contributed by atoms with Gasteiger partial charge in [-0.05, 0) is 31.0 Å². The van der Waals surface area contributed by atoms with Crippen molar-refractivity contribution in [3.63, 3.8) is 0 Å². The SMILES string of the molecule is CCc1ccc(C[NH+]2CCN(S(=O)(=O)c3ccc(C)cc3)CC2)cc1. The monoisotopic (exact) mass is 359 g/mol. The van der Waals surface area contributed by atoms with Crippen LogP contribution in [0.5, 0.6) is 0 Å². The standard InChI is InChI=1S/C20H26N2O2S/c1-3-18-6-8-19(9-7-18)16-21-12-14-22(15-13-21)25(23,24)20-10-4-17(2)5-11-20/h4-11H,3,12-16H2,1-2H3/p+1. The number of aryl methyl sites for hydroxylation is 2. The fourth-order valence-electron chi connectivity index (χ4n) is 3.26. The average molecular weight is 360 g/mol. The van der Waals surface area contributed by atoms with Gasteiger partial charge in [0.25, 0.3) is 0 Å². The second kappa shape index (κ2) is 7.68. The molecule has 0 aliphatic carbocycles. The summed E-state index contributed by atoms with van der Waals surface area (Å²) in [5.74, 6) is 0. The molecule has 0 unspecified atom stereocenters. The van der Waals surface area contributed by atoms with Gasteiger partial charge in [-0.3, -0.25) is 0 Å². The largest absolute Gasteiger partial charge is 0.329 e. The molecule has 0 aromatic heterocycles. The van der Waals surface area contributed by atoms with Gasteiger partial charge in [0.2, 0.25) is 10.0 Å². The van der Waals surface area contributed by atoms with Crippen molar-refractivity contribution in [2.24, 2.45) is 0 Å². The zero-order valence-electron chi connectivity index (χ0n) is 15.0. The zero-order chi connectivity index (χ0) is 17.9. The number of rotatable bonds is 5. The van der Waals surface area contributed by atoms with E-state index in [0.717, 1.165) is 31.6 Å². The highest BCUT2D eigenvalue weighted by molar-refractivity contribution is 7.89. The smallest absolute Gasteiger partial charge is 0.243 e. The maximum Gasteiger partial charge on any atom is 0.243 e. The van der Waals surface area contributed by atoms with Gasteiger partial charge in [0.1, 0.15) is 6.54 Å². The first-order valence-corrected chi connectivity index (χ1v) is 10.4. The molecule has 2 aromatic carbocycles. The Morgan fingerprint density at radius 2 is 1.48 bits per heavy atom. The fourth-order valence-corrected chi connectivity index (χ4v) is 4.70. The Morgan fingerprint density at radius 3 is 2.04 bits per heavy atom. The van der Waals surface area contributed by atoms with Crippen molar-refractivity contribution in [1.82, 2.24) is 4.31 Å². The number of nitrogens with one attached hydrogen (secondary N) is 1. The lowest BCUT2D eigenvalue weighted by molar-refractivity contribution is -0.917. The molecule has 0 amide bonds. The summed E-state index contributed by atoms with van der Waals surface area (Å²) < 4.78 is 27.1. The van der Waals surface area contributed by atoms with Crippen molar-refractivity contribution >= 4 is 10.0 Å². The molecule has 0 saturated carbocycles. The lowest BCUT2D eigenvalue weighted by atomic mass is 10.1. The summed E-state index contributed by atoms with van der Waals surface area (Å²) >= 11 is 0. The van der Waals surface area contributed by atoms with Crippen LogP contribution in [0.25, 0.3) is 0 Å². The van der Waals surface area contributed by atoms with Crippen LogP contribution in [0.15, 0.2) is 53.4 Å². The molecular weight excluding hydrogens is 332 g/mol. The Morgan fingerprint density at radius 1 is 0.920 bits per heavy atom. The van der Waals surface area contributed by atoms with E-state index in [0.29, 0.717) is 18.0 Å². The van der Waals surface area contributed by atoms with E-state index in [1.165, 1.54) is 16.0 Å². The van der Waals surface area contributed by atoms with E-state index >= 15 is 0 Å². The van der Waals surface area contributed by atoms with Gasteiger partial charge in [0.05, 0.1) is 31.1 Å². The number of nitrogens with zero attached hydrogens (tertiary/aromatic N) is 1. The van der Waals surface area contributed by atoms with Crippen molar-refractivity contribution in [2.45, 2.75) is 31.7 Å². The van der Waals surface area contributed by atoms with Crippen LogP contribution in [0, 0.1) is 6.92 Å². The Labute approximate surface area is 151 Å². The minimum atomic E-state index is -3.36. The third-order valence-corrected chi connectivity index (χ3v) is 6.89. The third-order valence-electron chi connectivity index (χ3n) is 4.97. The van der Waals surface area contributed by atoms with Crippen LogP contribution in [0.4, 0.5) is 0 Å². The number of hydrogen-bond acceptors (Lipinski definition) is 2. The van der Waals surface area contributed by atoms with Crippen LogP contribution in [0.2, 0.25) is 0 Å². The topological polar surface area (TPSA) is 41.8 Å². The second-order valence-electron chi connectivity index (χ2n) is 6.81. The van der Waals surface area contributed by atoms with E-state index in [4.69, 9.17) is 0 Å². The van der Waals surface area contributed by atoms with Crippen molar-refractivity contribution < 1.29 is 13.3 Å². The summed E-state index contributed by atoms with van der Waals surface area (Å²) in [6.45, 7) is 7.94. The van der Waals surface area contributed by atoms with Gasteiger partial charge in [-0.15, -0.1) is 0 Å². The number of benzene rings is 2. The van der Waals surface area contributed by atoms with E-state index in [1.807, 2.05) is 19.1 Å². The van der Waals surface area contributed by atoms with E-state index in [-0.39, 0.29) is 0 Å². The van der Waals surface area contributed by atoms with Crippen LogP contribution < -0.4 is 4.90 Å². The van der Waals surface area contributed by atoms with Gasteiger partial charge in [-0.25, -0.2) is 8.42 Å². The highest BCUT2D eigenvalue weighted by Gasteiger charge is 2.30. The molecule has 1 N–H and O–H groups in total. The fraction of sp³-hybridized carbons (Fsp3) is 0.400. The average Bonchev–Trinajstić information content (AvgIpc) is 2.63. The highest BCUT2D eigenvalue weighted by Crippen LogP contribution is 2.16. The summed E-state index contributed by atoms with van der Waals surface area (Å²) in [6, 6.07) is 15.9. The van der Waals surface area contributed by atoms with E-state index in [2.05, 4.69) is 31.2 Å². The molecule has 0 bridgehead atoms. The number of sulfonamides is 1. The molecule has 4 nitrogen and oxygen atoms in total. The van der Waals surface area contributed by atoms with Crippen molar-refractivity contribution in [3.05, 3.63) is 65.2 Å². The minimum Gasteiger partial charge on any atom is -0.329 e. The summed E-state index contributed by atoms with van der Waals surface area (Å²) in [7, 11) is -3.36. The van der Waals surface area contributed by atoms with E-state index in [1.54, 1.807) is 16.4 Å². The normalized spacial score (nSPS) is 16.9. The first-order chi connectivity index (χ1) is 12.0. The van der Waals surface area contributed by atoms with Gasteiger partial charge in [0, 0.05) is 5.56 Å². The second-order valence-corrected chi connectivity index (χ2v) is 8.75. The Kier molecular flexibility index (Phi) is 5.57. The van der Waals surface area contributed by atoms with E-state index < -0.39 is 10.0 Å². The summed E-state index contributed by atoms with van der Waals surface area (Å²) in [6.07, 6.45) is 1.06. The molecule has 134 valence electrons. The molecule has 5 heteroatoms. The zero-order valence-corrected chi connectivity index (χ0v) is 15.8. The first-order valence-electron chi connectivity index (χ1n) is 8.97. The van der Waals surface area contributed by atoms with Crippen molar-refractivity contribution in [1.29, 1.82) is 0 Å². The molecule has 1 fully saturated rings. The molecule has 25 heavy (non-hydrogen) atoms. The van der Waals surface area contributed by atoms with Crippen LogP contribution >= 0.6 is 0 Å². The van der Waals surface area contributed by atoms with Gasteiger partial charge in [-0.1, -0.05) is 48.9 Å². The molecule has 0 spiro atoms. The highest BCUT2D eigenvalue weighted by atomic mass is 32.2. The lowest BCUT2D eigenvalue weighted by Crippen LogP contribution is -3.13. The van der Waals surface area contributed by atoms with Crippen LogP contribution in [0.3, 0.4) is 0 Å². The van der Waals surface area contributed by atoms with Crippen molar-refractivity contribution in [2.75, 3.05) is 26.2 Å². The minimum absolute atomic E-state index is 0.400. The van der Waals surface area contributed by atoms with Crippen LogP contribution in [-0.2, 0) is 23.0 Å². The number of hydrogen-bond donors (Lipinski definition) is 1. The number of quaternary nitrogens is 1. The maximum absolute atomic E-state index is 12.8. The third kappa shape index (κ3) is 4.29. The van der Waals surface area contributed by atoms with Gasteiger partial charge in [0.15, 0.2) is 0 Å². The predicted octanol–water partition coefficient (Wildman–Crippen LogP) is 1.65. The summed E-state index contributed by atoms with van der Waals surface area (Å²) in [5, 5.41) is 0. The Hall–Kier alpha value is -1.69. The van der Waals surface area contributed by atoms with Crippen LogP contribution in [0.1, 0.15) is 23.6 Å². The summed E-state index contributed by atoms with van der Waals surface area (Å²) in [5.41, 5.74) is 3.75. The summed E-state index contributed by atoms with van der Waals surface area (Å²) in [4.78, 5) is 1.84. The molecule has 2 aromatic rings. The molecule has 0 atom stereocenters. The lowest BCUT2D eigenvalue weighted by Gasteiger charge is -2.31. The molecular formula is C20H27N2O2S+. The predicted molar refractivity (Wildman–Crippen MR) is 100 cm³/mol. The molecule has 3 rings (SSSR count). The maximum atomic E-state index is 12.8. The Bertz CT molecular complexity index is 791. The molecule has 1 saturated heterocycles. The van der Waals surface area contributed by atoms with Gasteiger partial charge in [-0.2, -0.15) is 4.31 Å². The van der Waals surface area contributed by atoms with Crippen molar-refractivity contribution in [3.8, 4) is 0 Å². The van der Waals surface area contributed by atoms with Gasteiger partial charge >= 0.3 is 0 Å². The molecule has 1 aliphatic rings. The molecule has 1 aliphatic heterocycles.